The van der Waals surface area contributed by atoms with Crippen LogP contribution in [0.15, 0.2) is 36.4 Å². The van der Waals surface area contributed by atoms with Crippen molar-refractivity contribution in [3.8, 4) is 0 Å². The number of amides is 1. The topological polar surface area (TPSA) is 48.5 Å². The van der Waals surface area contributed by atoms with Gasteiger partial charge in [0.05, 0.1) is 0 Å². The molecule has 1 fully saturated rings. The molecular formula is C25H30F6N4O. The number of anilines is 2. The number of nitrogens with zero attached hydrogens (tertiary/aromatic N) is 3. The van der Waals surface area contributed by atoms with Crippen LogP contribution in [-0.4, -0.2) is 44.1 Å². The van der Waals surface area contributed by atoms with Crippen molar-refractivity contribution >= 4 is 17.3 Å². The zero-order valence-corrected chi connectivity index (χ0v) is 20.5. The van der Waals surface area contributed by atoms with Gasteiger partial charge in [-0.25, -0.2) is 4.98 Å². The molecule has 5 nitrogen and oxygen atoms in total. The third-order valence-electron chi connectivity index (χ3n) is 6.76. The normalized spacial score (nSPS) is 21.0. The van der Waals surface area contributed by atoms with E-state index in [9.17, 15) is 31.1 Å². The monoisotopic (exact) mass is 516 g/mol. The lowest BCUT2D eigenvalue weighted by atomic mass is 9.96. The first-order chi connectivity index (χ1) is 16.7. The lowest BCUT2D eigenvalue weighted by Gasteiger charge is -2.30. The Morgan fingerprint density at radius 1 is 0.861 bits per heavy atom. The predicted molar refractivity (Wildman–Crippen MR) is 126 cm³/mol. The molecule has 1 N–H and O–H groups in total. The molecule has 198 valence electrons. The molecule has 1 aliphatic rings. The Morgan fingerprint density at radius 2 is 1.39 bits per heavy atom. The second-order valence-corrected chi connectivity index (χ2v) is 9.51. The highest BCUT2D eigenvalue weighted by Gasteiger charge is 2.39. The van der Waals surface area contributed by atoms with Gasteiger partial charge in [0, 0.05) is 50.2 Å². The van der Waals surface area contributed by atoms with E-state index >= 15 is 0 Å². The van der Waals surface area contributed by atoms with Crippen LogP contribution in [0.25, 0.3) is 0 Å². The number of pyridine rings is 1. The molecule has 3 atom stereocenters. The van der Waals surface area contributed by atoms with E-state index in [4.69, 9.17) is 0 Å². The Kier molecular flexibility index (Phi) is 8.10. The smallest absolute Gasteiger partial charge is 0.378 e. The van der Waals surface area contributed by atoms with Crippen LogP contribution in [-0.2, 0) is 12.4 Å². The van der Waals surface area contributed by atoms with Crippen LogP contribution in [0.4, 0.5) is 37.7 Å². The largest absolute Gasteiger partial charge is 0.433 e. The molecule has 1 aliphatic carbocycles. The van der Waals surface area contributed by atoms with Crippen LogP contribution in [0, 0.1) is 5.92 Å². The number of nitrogens with one attached hydrogen (secondary N) is 1. The minimum atomic E-state index is -5.01. The maximum Gasteiger partial charge on any atom is 0.433 e. The van der Waals surface area contributed by atoms with Gasteiger partial charge in [-0.05, 0) is 68.0 Å². The van der Waals surface area contributed by atoms with Gasteiger partial charge in [-0.3, -0.25) is 4.79 Å². The van der Waals surface area contributed by atoms with Crippen molar-refractivity contribution in [3.05, 3.63) is 53.3 Å². The van der Waals surface area contributed by atoms with E-state index in [-0.39, 0.29) is 29.6 Å². The maximum absolute atomic E-state index is 13.2. The summed E-state index contributed by atoms with van der Waals surface area (Å²) in [6.07, 6.45) is -7.75. The quantitative estimate of drug-likeness (QED) is 0.391. The Hall–Kier alpha value is -2.98. The summed E-state index contributed by atoms with van der Waals surface area (Å²) in [6.45, 7) is 1.98. The van der Waals surface area contributed by atoms with E-state index in [0.717, 1.165) is 5.69 Å². The first kappa shape index (κ1) is 27.6. The molecule has 0 radical (unpaired) electrons. The van der Waals surface area contributed by atoms with Crippen molar-refractivity contribution in [2.24, 2.45) is 5.92 Å². The van der Waals surface area contributed by atoms with Crippen molar-refractivity contribution < 1.29 is 31.1 Å². The minimum absolute atomic E-state index is 0.0855. The van der Waals surface area contributed by atoms with Crippen LogP contribution in [0.3, 0.4) is 0 Å². The highest BCUT2D eigenvalue weighted by atomic mass is 19.4. The zero-order valence-electron chi connectivity index (χ0n) is 20.5. The molecule has 1 unspecified atom stereocenters. The van der Waals surface area contributed by atoms with E-state index in [1.54, 1.807) is 12.1 Å². The highest BCUT2D eigenvalue weighted by Crippen LogP contribution is 2.37. The molecule has 1 aromatic heterocycles. The molecule has 0 saturated heterocycles. The van der Waals surface area contributed by atoms with Gasteiger partial charge in [-0.15, -0.1) is 0 Å². The lowest BCUT2D eigenvalue weighted by molar-refractivity contribution is -0.150. The van der Waals surface area contributed by atoms with E-state index in [0.29, 0.717) is 43.4 Å². The maximum atomic E-state index is 13.2. The van der Waals surface area contributed by atoms with Crippen molar-refractivity contribution in [1.82, 2.24) is 10.3 Å². The number of carbonyl (C=O) groups is 1. The average Bonchev–Trinajstić information content (AvgIpc) is 2.98. The summed E-state index contributed by atoms with van der Waals surface area (Å²) in [5, 5.41) is 3.05. The van der Waals surface area contributed by atoms with Gasteiger partial charge in [-0.2, -0.15) is 26.3 Å². The second kappa shape index (κ2) is 10.6. The Balaban J connectivity index is 1.74. The van der Waals surface area contributed by atoms with Gasteiger partial charge < -0.3 is 15.1 Å². The van der Waals surface area contributed by atoms with E-state index < -0.39 is 23.7 Å². The van der Waals surface area contributed by atoms with Gasteiger partial charge in [0.1, 0.15) is 11.4 Å². The van der Waals surface area contributed by atoms with Crippen molar-refractivity contribution in [2.75, 3.05) is 30.9 Å². The van der Waals surface area contributed by atoms with Crippen LogP contribution in [0.2, 0.25) is 0 Å². The fraction of sp³-hybridized carbons (Fsp3) is 0.520. The van der Waals surface area contributed by atoms with Gasteiger partial charge in [-0.1, -0.05) is 6.92 Å². The summed E-state index contributed by atoms with van der Waals surface area (Å²) in [6, 6.07) is 8.01. The van der Waals surface area contributed by atoms with Crippen molar-refractivity contribution in [2.45, 2.75) is 57.0 Å². The number of halogens is 6. The van der Waals surface area contributed by atoms with E-state index in [2.05, 4.69) is 10.3 Å². The van der Waals surface area contributed by atoms with Gasteiger partial charge in [0.25, 0.3) is 5.91 Å². The summed E-state index contributed by atoms with van der Waals surface area (Å²) in [4.78, 5) is 19.0. The molecule has 0 bridgehead atoms. The summed E-state index contributed by atoms with van der Waals surface area (Å²) >= 11 is 0. The molecule has 1 saturated carbocycles. The van der Waals surface area contributed by atoms with E-state index in [1.165, 1.54) is 11.9 Å². The Labute approximate surface area is 206 Å². The molecule has 0 aliphatic heterocycles. The SMILES string of the molecule is CC1CC[C@H](N(C)c2cc(C(F)(F)F)nc(C(F)(F)F)c2)CC[C@@H]1NC(=O)c1ccc(N(C)C)cc1. The first-order valence-corrected chi connectivity index (χ1v) is 11.6. The Bertz CT molecular complexity index is 1020. The highest BCUT2D eigenvalue weighted by molar-refractivity contribution is 5.94. The van der Waals surface area contributed by atoms with E-state index in [1.807, 2.05) is 38.1 Å². The molecule has 2 aromatic rings. The van der Waals surface area contributed by atoms with Crippen LogP contribution < -0.4 is 15.1 Å². The summed E-state index contributed by atoms with van der Waals surface area (Å²) in [7, 11) is 5.29. The third-order valence-corrected chi connectivity index (χ3v) is 6.76. The second-order valence-electron chi connectivity index (χ2n) is 9.51. The van der Waals surface area contributed by atoms with Crippen molar-refractivity contribution in [1.29, 1.82) is 0 Å². The number of alkyl halides is 6. The summed E-state index contributed by atoms with van der Waals surface area (Å²) < 4.78 is 79.4. The zero-order chi connectivity index (χ0) is 26.8. The van der Waals surface area contributed by atoms with Crippen LogP contribution >= 0.6 is 0 Å². The number of carbonyl (C=O) groups excluding carboxylic acids is 1. The molecule has 1 heterocycles. The average molecular weight is 517 g/mol. The number of hydrogen-bond donors (Lipinski definition) is 1. The van der Waals surface area contributed by atoms with Crippen LogP contribution in [0.5, 0.6) is 0 Å². The summed E-state index contributed by atoms with van der Waals surface area (Å²) in [5.74, 6) is -0.134. The van der Waals surface area contributed by atoms with Gasteiger partial charge in [0.2, 0.25) is 0 Å². The lowest BCUT2D eigenvalue weighted by Crippen LogP contribution is -2.39. The number of benzene rings is 1. The fourth-order valence-corrected chi connectivity index (χ4v) is 4.44. The number of hydrogen-bond acceptors (Lipinski definition) is 4. The van der Waals surface area contributed by atoms with Gasteiger partial charge in [0.15, 0.2) is 0 Å². The molecule has 1 aromatic carbocycles. The molecular weight excluding hydrogens is 486 g/mol. The Morgan fingerprint density at radius 3 is 1.89 bits per heavy atom. The predicted octanol–water partition coefficient (Wildman–Crippen LogP) is 6.00. The number of aromatic nitrogens is 1. The standard InChI is InChI=1S/C25H30F6N4O/c1-15-5-8-18(11-12-20(15)32-23(36)16-6-9-17(10-7-16)34(2)3)35(4)19-13-21(24(26,27)28)33-22(14-19)25(29,30)31/h6-7,9-10,13-15,18,20H,5,8,11-12H2,1-4H3,(H,32,36)/t15?,18-,20-/m0/s1. The van der Waals surface area contributed by atoms with Crippen LogP contribution in [0.1, 0.15) is 54.4 Å². The molecule has 1 amide bonds. The fourth-order valence-electron chi connectivity index (χ4n) is 4.44. The summed E-state index contributed by atoms with van der Waals surface area (Å²) in [5.41, 5.74) is -1.87. The first-order valence-electron chi connectivity index (χ1n) is 11.6. The van der Waals surface area contributed by atoms with Gasteiger partial charge >= 0.3 is 12.4 Å². The molecule has 11 heteroatoms. The third kappa shape index (κ3) is 6.61. The minimum Gasteiger partial charge on any atom is -0.378 e. The molecule has 0 spiro atoms. The number of rotatable bonds is 5. The van der Waals surface area contributed by atoms with Crippen molar-refractivity contribution in [3.63, 3.8) is 0 Å². The molecule has 3 rings (SSSR count). The molecule has 36 heavy (non-hydrogen) atoms.